The molecule has 0 aliphatic heterocycles. The van der Waals surface area contributed by atoms with Crippen LogP contribution in [0.4, 0.5) is 0 Å². The number of rotatable bonds is 5. The topological polar surface area (TPSA) is 21.3 Å². The average molecular weight is 240 g/mol. The summed E-state index contributed by atoms with van der Waals surface area (Å²) in [7, 11) is 1.94. The third kappa shape index (κ3) is 3.54. The zero-order valence-electron chi connectivity index (χ0n) is 9.96. The molecule has 0 radical (unpaired) electrons. The van der Waals surface area contributed by atoms with Gasteiger partial charge in [-0.25, -0.2) is 0 Å². The van der Waals surface area contributed by atoms with E-state index < -0.39 is 0 Å². The Morgan fingerprint density at radius 3 is 2.81 bits per heavy atom. The molecular weight excluding hydrogens is 222 g/mol. The Hall–Kier alpha value is -0.990. The first-order valence-electron chi connectivity index (χ1n) is 5.34. The van der Waals surface area contributed by atoms with E-state index in [2.05, 4.69) is 18.3 Å². The summed E-state index contributed by atoms with van der Waals surface area (Å²) < 4.78 is 5.72. The van der Waals surface area contributed by atoms with Crippen LogP contribution in [0.2, 0.25) is 0 Å². The Morgan fingerprint density at radius 1 is 1.50 bits per heavy atom. The number of ether oxygens (including phenoxy) is 1. The van der Waals surface area contributed by atoms with Gasteiger partial charge in [-0.1, -0.05) is 29.8 Å². The summed E-state index contributed by atoms with van der Waals surface area (Å²) in [5.74, 6) is 0.905. The zero-order chi connectivity index (χ0) is 12.0. The van der Waals surface area contributed by atoms with Crippen molar-refractivity contribution in [2.75, 3.05) is 13.7 Å². The Morgan fingerprint density at radius 2 is 2.19 bits per heavy atom. The summed E-state index contributed by atoms with van der Waals surface area (Å²) in [6.45, 7) is 4.57. The minimum atomic E-state index is 0.275. The number of para-hydroxylation sites is 1. The maximum atomic E-state index is 5.72. The fourth-order valence-electron chi connectivity index (χ4n) is 1.35. The van der Waals surface area contributed by atoms with Gasteiger partial charge >= 0.3 is 0 Å². The van der Waals surface area contributed by atoms with Gasteiger partial charge in [0.15, 0.2) is 0 Å². The lowest BCUT2D eigenvalue weighted by molar-refractivity contribution is 0.345. The molecule has 16 heavy (non-hydrogen) atoms. The molecule has 3 heteroatoms. The van der Waals surface area contributed by atoms with Crippen molar-refractivity contribution in [2.24, 2.45) is 0 Å². The van der Waals surface area contributed by atoms with E-state index in [9.17, 15) is 0 Å². The molecule has 0 heterocycles. The molecule has 1 aromatic rings. The van der Waals surface area contributed by atoms with Crippen molar-refractivity contribution in [3.05, 3.63) is 40.9 Å². The molecule has 0 bridgehead atoms. The molecule has 0 saturated carbocycles. The van der Waals surface area contributed by atoms with Crippen LogP contribution in [-0.4, -0.2) is 13.7 Å². The third-order valence-corrected chi connectivity index (χ3v) is 2.83. The van der Waals surface area contributed by atoms with E-state index in [1.54, 1.807) is 5.54 Å². The molecule has 2 nitrogen and oxygen atoms in total. The van der Waals surface area contributed by atoms with E-state index in [4.69, 9.17) is 16.3 Å². The van der Waals surface area contributed by atoms with Crippen LogP contribution in [0.25, 0.3) is 0 Å². The smallest absolute Gasteiger partial charge is 0.124 e. The minimum Gasteiger partial charge on any atom is -0.489 e. The van der Waals surface area contributed by atoms with Gasteiger partial charge in [-0.15, -0.1) is 0 Å². The Balaban J connectivity index is 2.79. The van der Waals surface area contributed by atoms with Gasteiger partial charge in [-0.05, 0) is 32.5 Å². The summed E-state index contributed by atoms with van der Waals surface area (Å²) in [6.07, 6.45) is 0. The van der Waals surface area contributed by atoms with Crippen molar-refractivity contribution in [3.8, 4) is 5.75 Å². The van der Waals surface area contributed by atoms with Crippen molar-refractivity contribution in [2.45, 2.75) is 19.9 Å². The lowest BCUT2D eigenvalue weighted by atomic mass is 10.1. The zero-order valence-corrected chi connectivity index (χ0v) is 10.7. The summed E-state index contributed by atoms with van der Waals surface area (Å²) in [4.78, 5) is 0. The van der Waals surface area contributed by atoms with Gasteiger partial charge in [0, 0.05) is 17.1 Å². The fourth-order valence-corrected chi connectivity index (χ4v) is 1.41. The summed E-state index contributed by atoms with van der Waals surface area (Å²) in [5.41, 5.74) is 3.71. The second-order valence-electron chi connectivity index (χ2n) is 3.79. The van der Waals surface area contributed by atoms with Crippen molar-refractivity contribution in [1.29, 1.82) is 0 Å². The first-order valence-corrected chi connectivity index (χ1v) is 5.77. The van der Waals surface area contributed by atoms with E-state index in [1.165, 1.54) is 0 Å². The standard InChI is InChI=1S/C13H18ClNO/c1-10(8-14)9-16-13-7-5-4-6-12(13)11(2)15-3/h4-8,11,15H,9H2,1-3H3/b10-8+. The molecule has 0 aliphatic carbocycles. The highest BCUT2D eigenvalue weighted by molar-refractivity contribution is 6.25. The second-order valence-corrected chi connectivity index (χ2v) is 4.01. The number of hydrogen-bond donors (Lipinski definition) is 1. The predicted octanol–water partition coefficient (Wildman–Crippen LogP) is 3.49. The van der Waals surface area contributed by atoms with Crippen LogP contribution in [0.3, 0.4) is 0 Å². The number of benzene rings is 1. The van der Waals surface area contributed by atoms with E-state index in [-0.39, 0.29) is 6.04 Å². The van der Waals surface area contributed by atoms with Gasteiger partial charge in [0.25, 0.3) is 0 Å². The van der Waals surface area contributed by atoms with Crippen LogP contribution in [0.1, 0.15) is 25.5 Å². The summed E-state index contributed by atoms with van der Waals surface area (Å²) in [5, 5.41) is 3.20. The van der Waals surface area contributed by atoms with Crippen molar-refractivity contribution >= 4 is 11.6 Å². The average Bonchev–Trinajstić information content (AvgIpc) is 2.35. The lowest BCUT2D eigenvalue weighted by Gasteiger charge is -2.16. The number of halogens is 1. The molecule has 88 valence electrons. The molecule has 0 spiro atoms. The van der Waals surface area contributed by atoms with Gasteiger partial charge in [0.2, 0.25) is 0 Å². The normalized spacial score (nSPS) is 13.6. The monoisotopic (exact) mass is 239 g/mol. The highest BCUT2D eigenvalue weighted by atomic mass is 35.5. The van der Waals surface area contributed by atoms with Crippen LogP contribution >= 0.6 is 11.6 Å². The maximum Gasteiger partial charge on any atom is 0.124 e. The maximum absolute atomic E-state index is 5.72. The summed E-state index contributed by atoms with van der Waals surface area (Å²) in [6, 6.07) is 8.30. The van der Waals surface area contributed by atoms with Crippen LogP contribution in [0, 0.1) is 0 Å². The van der Waals surface area contributed by atoms with Crippen molar-refractivity contribution in [3.63, 3.8) is 0 Å². The minimum absolute atomic E-state index is 0.275. The van der Waals surface area contributed by atoms with Gasteiger partial charge in [-0.3, -0.25) is 0 Å². The largest absolute Gasteiger partial charge is 0.489 e. The van der Waals surface area contributed by atoms with Gasteiger partial charge in [-0.2, -0.15) is 0 Å². The second kappa shape index (κ2) is 6.56. The van der Waals surface area contributed by atoms with Gasteiger partial charge in [0.05, 0.1) is 0 Å². The van der Waals surface area contributed by atoms with E-state index in [1.807, 2.05) is 32.2 Å². The molecule has 1 aromatic carbocycles. The van der Waals surface area contributed by atoms with Gasteiger partial charge in [0.1, 0.15) is 12.4 Å². The van der Waals surface area contributed by atoms with Crippen LogP contribution in [-0.2, 0) is 0 Å². The van der Waals surface area contributed by atoms with Crippen LogP contribution in [0.5, 0.6) is 5.75 Å². The number of hydrogen-bond acceptors (Lipinski definition) is 2. The number of nitrogens with one attached hydrogen (secondary N) is 1. The molecule has 1 rings (SSSR count). The molecule has 0 aromatic heterocycles. The Kier molecular flexibility index (Phi) is 5.36. The predicted molar refractivity (Wildman–Crippen MR) is 69.0 cm³/mol. The quantitative estimate of drug-likeness (QED) is 0.850. The lowest BCUT2D eigenvalue weighted by Crippen LogP contribution is -2.14. The molecule has 0 fully saturated rings. The van der Waals surface area contributed by atoms with Crippen LogP contribution in [0.15, 0.2) is 35.4 Å². The van der Waals surface area contributed by atoms with Crippen LogP contribution < -0.4 is 10.1 Å². The molecule has 1 atom stereocenters. The van der Waals surface area contributed by atoms with Crippen molar-refractivity contribution < 1.29 is 4.74 Å². The molecule has 0 saturated heterocycles. The van der Waals surface area contributed by atoms with E-state index in [0.29, 0.717) is 6.61 Å². The molecule has 1 unspecified atom stereocenters. The first kappa shape index (κ1) is 13.1. The molecular formula is C13H18ClNO. The van der Waals surface area contributed by atoms with E-state index >= 15 is 0 Å². The van der Waals surface area contributed by atoms with Crippen molar-refractivity contribution in [1.82, 2.24) is 5.32 Å². The Bertz CT molecular complexity index is 363. The Labute approximate surface area is 102 Å². The highest BCUT2D eigenvalue weighted by Crippen LogP contribution is 2.24. The molecule has 0 aliphatic rings. The third-order valence-electron chi connectivity index (χ3n) is 2.46. The van der Waals surface area contributed by atoms with E-state index in [0.717, 1.165) is 16.9 Å². The highest BCUT2D eigenvalue weighted by Gasteiger charge is 2.08. The SMILES string of the molecule is CNC(C)c1ccccc1OC/C(C)=C/Cl. The summed E-state index contributed by atoms with van der Waals surface area (Å²) >= 11 is 5.59. The van der Waals surface area contributed by atoms with Gasteiger partial charge < -0.3 is 10.1 Å². The molecule has 0 amide bonds. The fraction of sp³-hybridized carbons (Fsp3) is 0.385. The molecule has 1 N–H and O–H groups in total. The first-order chi connectivity index (χ1) is 7.69.